The molecule has 0 aliphatic heterocycles. The Morgan fingerprint density at radius 1 is 1.12 bits per heavy atom. The van der Waals surface area contributed by atoms with Crippen LogP contribution in [-0.2, 0) is 0 Å². The second-order valence-electron chi connectivity index (χ2n) is 3.00. The summed E-state index contributed by atoms with van der Waals surface area (Å²) in [7, 11) is 1.54. The SMILES string of the molecule is COc1ccccc1Oc1nc(N)nc(Cl)n1. The zero-order valence-electron chi connectivity index (χ0n) is 8.92. The van der Waals surface area contributed by atoms with E-state index in [9.17, 15) is 0 Å². The molecular weight excluding hydrogens is 244 g/mol. The molecule has 0 bridgehead atoms. The summed E-state index contributed by atoms with van der Waals surface area (Å²) in [6.07, 6.45) is 0. The Balaban J connectivity index is 2.31. The summed E-state index contributed by atoms with van der Waals surface area (Å²) in [5.41, 5.74) is 5.43. The van der Waals surface area contributed by atoms with Gasteiger partial charge in [0.25, 0.3) is 0 Å². The van der Waals surface area contributed by atoms with Gasteiger partial charge < -0.3 is 15.2 Å². The van der Waals surface area contributed by atoms with Crippen molar-refractivity contribution in [2.45, 2.75) is 0 Å². The Labute approximate surface area is 102 Å². The van der Waals surface area contributed by atoms with E-state index in [-0.39, 0.29) is 17.2 Å². The van der Waals surface area contributed by atoms with Gasteiger partial charge in [-0.15, -0.1) is 0 Å². The predicted molar refractivity (Wildman–Crippen MR) is 62.3 cm³/mol. The fourth-order valence-corrected chi connectivity index (χ4v) is 1.35. The molecule has 0 unspecified atom stereocenters. The Bertz CT molecular complexity index is 515. The maximum Gasteiger partial charge on any atom is 0.328 e. The second kappa shape index (κ2) is 4.84. The molecule has 0 saturated heterocycles. The molecule has 6 nitrogen and oxygen atoms in total. The van der Waals surface area contributed by atoms with E-state index in [1.807, 2.05) is 6.07 Å². The van der Waals surface area contributed by atoms with E-state index in [2.05, 4.69) is 15.0 Å². The van der Waals surface area contributed by atoms with Crippen molar-refractivity contribution in [3.63, 3.8) is 0 Å². The van der Waals surface area contributed by atoms with E-state index >= 15 is 0 Å². The quantitative estimate of drug-likeness (QED) is 0.898. The van der Waals surface area contributed by atoms with E-state index in [0.29, 0.717) is 11.5 Å². The highest BCUT2D eigenvalue weighted by atomic mass is 35.5. The zero-order chi connectivity index (χ0) is 12.3. The van der Waals surface area contributed by atoms with Crippen LogP contribution in [0.4, 0.5) is 5.95 Å². The minimum atomic E-state index is -0.0256. The fourth-order valence-electron chi connectivity index (χ4n) is 1.19. The van der Waals surface area contributed by atoms with E-state index in [4.69, 9.17) is 26.8 Å². The van der Waals surface area contributed by atoms with Crippen molar-refractivity contribution in [2.75, 3.05) is 12.8 Å². The van der Waals surface area contributed by atoms with Crippen LogP contribution < -0.4 is 15.2 Å². The molecule has 1 heterocycles. The maximum absolute atomic E-state index is 5.64. The molecule has 0 fully saturated rings. The number of nitrogens with zero attached hydrogens (tertiary/aromatic N) is 3. The van der Waals surface area contributed by atoms with Gasteiger partial charge in [0.1, 0.15) is 0 Å². The Morgan fingerprint density at radius 2 is 1.82 bits per heavy atom. The molecule has 17 heavy (non-hydrogen) atoms. The Kier molecular flexibility index (Phi) is 3.24. The molecule has 0 aliphatic carbocycles. The number of hydrogen-bond acceptors (Lipinski definition) is 6. The van der Waals surface area contributed by atoms with E-state index in [1.165, 1.54) is 7.11 Å². The van der Waals surface area contributed by atoms with Gasteiger partial charge in [0, 0.05) is 0 Å². The largest absolute Gasteiger partial charge is 0.493 e. The summed E-state index contributed by atoms with van der Waals surface area (Å²) in [6.45, 7) is 0. The normalized spacial score (nSPS) is 10.0. The maximum atomic E-state index is 5.64. The lowest BCUT2D eigenvalue weighted by Gasteiger charge is -2.08. The summed E-state index contributed by atoms with van der Waals surface area (Å²) in [4.78, 5) is 11.2. The summed E-state index contributed by atoms with van der Waals surface area (Å²) in [5.74, 6) is 1.02. The van der Waals surface area contributed by atoms with Crippen molar-refractivity contribution >= 4 is 17.5 Å². The molecule has 2 N–H and O–H groups in total. The van der Waals surface area contributed by atoms with Crippen molar-refractivity contribution in [1.29, 1.82) is 0 Å². The summed E-state index contributed by atoms with van der Waals surface area (Å²) < 4.78 is 10.5. The number of ether oxygens (including phenoxy) is 2. The van der Waals surface area contributed by atoms with Crippen LogP contribution >= 0.6 is 11.6 Å². The number of aromatic nitrogens is 3. The highest BCUT2D eigenvalue weighted by Crippen LogP contribution is 2.29. The average molecular weight is 253 g/mol. The minimum absolute atomic E-state index is 0.00472. The highest BCUT2D eigenvalue weighted by Gasteiger charge is 2.08. The van der Waals surface area contributed by atoms with Crippen LogP contribution in [0.2, 0.25) is 5.28 Å². The lowest BCUT2D eigenvalue weighted by molar-refractivity contribution is 0.368. The summed E-state index contributed by atoms with van der Waals surface area (Å²) >= 11 is 5.64. The molecule has 0 aliphatic rings. The lowest BCUT2D eigenvalue weighted by Crippen LogP contribution is -2.01. The number of nitrogens with two attached hydrogens (primary N) is 1. The van der Waals surface area contributed by atoms with Crippen LogP contribution in [0.25, 0.3) is 0 Å². The average Bonchev–Trinajstić information content (AvgIpc) is 2.28. The van der Waals surface area contributed by atoms with Crippen molar-refractivity contribution in [3.05, 3.63) is 29.5 Å². The van der Waals surface area contributed by atoms with E-state index in [0.717, 1.165) is 0 Å². The topological polar surface area (TPSA) is 83.2 Å². The molecule has 1 aromatic heterocycles. The fraction of sp³-hybridized carbons (Fsp3) is 0.100. The molecule has 0 spiro atoms. The predicted octanol–water partition coefficient (Wildman–Crippen LogP) is 1.91. The summed E-state index contributed by atoms with van der Waals surface area (Å²) in [6, 6.07) is 7.10. The molecule has 0 radical (unpaired) electrons. The number of halogens is 1. The molecule has 0 amide bonds. The standard InChI is InChI=1S/C10H9ClN4O2/c1-16-6-4-2-3-5-7(6)17-10-14-8(11)13-9(12)15-10/h2-5H,1H3,(H2,12,13,14,15). The monoisotopic (exact) mass is 252 g/mol. The Morgan fingerprint density at radius 3 is 2.47 bits per heavy atom. The number of nitrogen functional groups attached to an aromatic ring is 1. The second-order valence-corrected chi connectivity index (χ2v) is 3.34. The summed E-state index contributed by atoms with van der Waals surface area (Å²) in [5, 5.41) is -0.0256. The van der Waals surface area contributed by atoms with E-state index in [1.54, 1.807) is 18.2 Å². The first-order valence-corrected chi connectivity index (χ1v) is 5.05. The zero-order valence-corrected chi connectivity index (χ0v) is 9.68. The smallest absolute Gasteiger partial charge is 0.328 e. The van der Waals surface area contributed by atoms with Crippen molar-refractivity contribution in [3.8, 4) is 17.5 Å². The number of para-hydroxylation sites is 2. The third-order valence-corrected chi connectivity index (χ3v) is 2.04. The number of methoxy groups -OCH3 is 1. The van der Waals surface area contributed by atoms with Gasteiger partial charge in [0.2, 0.25) is 11.2 Å². The minimum Gasteiger partial charge on any atom is -0.493 e. The molecule has 0 atom stereocenters. The molecule has 2 rings (SSSR count). The molecule has 7 heteroatoms. The third-order valence-electron chi connectivity index (χ3n) is 1.88. The van der Waals surface area contributed by atoms with Crippen LogP contribution in [-0.4, -0.2) is 22.1 Å². The first kappa shape index (κ1) is 11.4. The van der Waals surface area contributed by atoms with Gasteiger partial charge in [-0.1, -0.05) is 12.1 Å². The molecule has 88 valence electrons. The van der Waals surface area contributed by atoms with Gasteiger partial charge in [-0.2, -0.15) is 15.0 Å². The van der Waals surface area contributed by atoms with Crippen LogP contribution in [0.15, 0.2) is 24.3 Å². The van der Waals surface area contributed by atoms with Gasteiger partial charge >= 0.3 is 6.01 Å². The number of benzene rings is 1. The van der Waals surface area contributed by atoms with Gasteiger partial charge in [-0.25, -0.2) is 0 Å². The van der Waals surface area contributed by atoms with Crippen LogP contribution in [0.5, 0.6) is 17.5 Å². The van der Waals surface area contributed by atoms with Crippen LogP contribution in [0, 0.1) is 0 Å². The molecule has 2 aromatic rings. The van der Waals surface area contributed by atoms with Crippen molar-refractivity contribution < 1.29 is 9.47 Å². The van der Waals surface area contributed by atoms with Gasteiger partial charge in [0.15, 0.2) is 11.5 Å². The first-order valence-electron chi connectivity index (χ1n) is 4.67. The highest BCUT2D eigenvalue weighted by molar-refractivity contribution is 6.28. The van der Waals surface area contributed by atoms with Crippen LogP contribution in [0.1, 0.15) is 0 Å². The lowest BCUT2D eigenvalue weighted by atomic mass is 10.3. The van der Waals surface area contributed by atoms with Gasteiger partial charge in [-0.3, -0.25) is 0 Å². The Hall–Kier alpha value is -2.08. The molecular formula is C10H9ClN4O2. The van der Waals surface area contributed by atoms with Crippen LogP contribution in [0.3, 0.4) is 0 Å². The number of rotatable bonds is 3. The van der Waals surface area contributed by atoms with E-state index < -0.39 is 0 Å². The molecule has 0 saturated carbocycles. The van der Waals surface area contributed by atoms with Crippen molar-refractivity contribution in [1.82, 2.24) is 15.0 Å². The third kappa shape index (κ3) is 2.73. The number of hydrogen-bond donors (Lipinski definition) is 1. The van der Waals surface area contributed by atoms with Crippen molar-refractivity contribution in [2.24, 2.45) is 0 Å². The molecule has 1 aromatic carbocycles. The number of anilines is 1. The van der Waals surface area contributed by atoms with Gasteiger partial charge in [0.05, 0.1) is 7.11 Å². The first-order chi connectivity index (χ1) is 8.19. The van der Waals surface area contributed by atoms with Gasteiger partial charge in [-0.05, 0) is 23.7 Å².